The average molecular weight is 284 g/mol. The van der Waals surface area contributed by atoms with Gasteiger partial charge >= 0.3 is 0 Å². The van der Waals surface area contributed by atoms with Crippen LogP contribution in [0, 0.1) is 23.2 Å². The van der Waals surface area contributed by atoms with Gasteiger partial charge in [0.2, 0.25) is 11.8 Å². The third-order valence-electron chi connectivity index (χ3n) is 4.25. The Bertz CT molecular complexity index is 581. The second-order valence-electron chi connectivity index (χ2n) is 5.46. The molecule has 0 bridgehead atoms. The maximum absolute atomic E-state index is 12.1. The van der Waals surface area contributed by atoms with Crippen molar-refractivity contribution in [3.63, 3.8) is 0 Å². The van der Waals surface area contributed by atoms with Crippen molar-refractivity contribution < 1.29 is 14.3 Å². The van der Waals surface area contributed by atoms with E-state index >= 15 is 0 Å². The van der Waals surface area contributed by atoms with Gasteiger partial charge in [-0.25, -0.2) is 0 Å². The number of amides is 2. The summed E-state index contributed by atoms with van der Waals surface area (Å²) in [6.07, 6.45) is 2.65. The van der Waals surface area contributed by atoms with Crippen LogP contribution in [0.1, 0.15) is 24.8 Å². The van der Waals surface area contributed by atoms with E-state index in [-0.39, 0.29) is 30.3 Å². The van der Waals surface area contributed by atoms with Crippen LogP contribution in [-0.4, -0.2) is 29.9 Å². The van der Waals surface area contributed by atoms with Gasteiger partial charge in [-0.15, -0.1) is 0 Å². The SMILES string of the molecule is N#Cc1ccc(OCCN2C(=O)C3CCCC3C2=O)cc1. The quantitative estimate of drug-likeness (QED) is 0.789. The van der Waals surface area contributed by atoms with Gasteiger partial charge < -0.3 is 4.74 Å². The van der Waals surface area contributed by atoms with Crippen LogP contribution in [0.4, 0.5) is 0 Å². The molecule has 21 heavy (non-hydrogen) atoms. The van der Waals surface area contributed by atoms with Gasteiger partial charge in [0, 0.05) is 0 Å². The van der Waals surface area contributed by atoms with Crippen LogP contribution >= 0.6 is 0 Å². The molecule has 1 aliphatic carbocycles. The molecule has 1 heterocycles. The lowest BCUT2D eigenvalue weighted by molar-refractivity contribution is -0.140. The molecule has 108 valence electrons. The summed E-state index contributed by atoms with van der Waals surface area (Å²) >= 11 is 0. The number of nitrogens with zero attached hydrogens (tertiary/aromatic N) is 2. The molecule has 2 fully saturated rings. The highest BCUT2D eigenvalue weighted by Crippen LogP contribution is 2.39. The Morgan fingerprint density at radius 1 is 1.14 bits per heavy atom. The molecular weight excluding hydrogens is 268 g/mol. The van der Waals surface area contributed by atoms with Crippen LogP contribution in [0.3, 0.4) is 0 Å². The lowest BCUT2D eigenvalue weighted by Gasteiger charge is -2.16. The average Bonchev–Trinajstić information content (AvgIpc) is 3.07. The van der Waals surface area contributed by atoms with Crippen molar-refractivity contribution in [3.8, 4) is 11.8 Å². The van der Waals surface area contributed by atoms with Gasteiger partial charge in [-0.1, -0.05) is 6.42 Å². The minimum absolute atomic E-state index is 0.0362. The fourth-order valence-electron chi connectivity index (χ4n) is 3.16. The maximum Gasteiger partial charge on any atom is 0.233 e. The molecule has 2 amide bonds. The number of benzene rings is 1. The normalized spacial score (nSPS) is 24.0. The molecule has 1 aromatic rings. The zero-order valence-electron chi connectivity index (χ0n) is 11.6. The lowest BCUT2D eigenvalue weighted by Crippen LogP contribution is -2.35. The van der Waals surface area contributed by atoms with Gasteiger partial charge in [0.1, 0.15) is 12.4 Å². The highest BCUT2D eigenvalue weighted by Gasteiger charge is 2.49. The Balaban J connectivity index is 1.54. The van der Waals surface area contributed by atoms with Crippen molar-refractivity contribution in [2.45, 2.75) is 19.3 Å². The number of imide groups is 1. The second-order valence-corrected chi connectivity index (χ2v) is 5.46. The first kappa shape index (κ1) is 13.6. The van der Waals surface area contributed by atoms with Crippen molar-refractivity contribution in [2.75, 3.05) is 13.2 Å². The van der Waals surface area contributed by atoms with Crippen LogP contribution < -0.4 is 4.74 Å². The number of likely N-dealkylation sites (tertiary alicyclic amines) is 1. The van der Waals surface area contributed by atoms with Crippen molar-refractivity contribution in [1.29, 1.82) is 5.26 Å². The second kappa shape index (κ2) is 5.57. The summed E-state index contributed by atoms with van der Waals surface area (Å²) in [5.74, 6) is 0.380. The smallest absolute Gasteiger partial charge is 0.233 e. The molecule has 3 rings (SSSR count). The molecule has 1 aliphatic heterocycles. The molecule has 1 saturated heterocycles. The van der Waals surface area contributed by atoms with Gasteiger partial charge in [-0.2, -0.15) is 5.26 Å². The minimum Gasteiger partial charge on any atom is -0.492 e. The zero-order valence-corrected chi connectivity index (χ0v) is 11.6. The fraction of sp³-hybridized carbons (Fsp3) is 0.438. The third kappa shape index (κ3) is 2.49. The number of rotatable bonds is 4. The standard InChI is InChI=1S/C16H16N2O3/c17-10-11-4-6-12(7-5-11)21-9-8-18-15(19)13-2-1-3-14(13)16(18)20/h4-7,13-14H,1-3,8-9H2. The van der Waals surface area contributed by atoms with Crippen molar-refractivity contribution in [1.82, 2.24) is 4.90 Å². The summed E-state index contributed by atoms with van der Waals surface area (Å²) in [5.41, 5.74) is 0.570. The van der Waals surface area contributed by atoms with E-state index in [0.29, 0.717) is 17.9 Å². The first-order valence-corrected chi connectivity index (χ1v) is 7.19. The largest absolute Gasteiger partial charge is 0.492 e. The number of fused-ring (bicyclic) bond motifs is 1. The lowest BCUT2D eigenvalue weighted by atomic mass is 10.00. The summed E-state index contributed by atoms with van der Waals surface area (Å²) in [5, 5.41) is 8.71. The minimum atomic E-state index is -0.0904. The van der Waals surface area contributed by atoms with Gasteiger partial charge in [-0.3, -0.25) is 14.5 Å². The Morgan fingerprint density at radius 2 is 1.76 bits per heavy atom. The number of ether oxygens (including phenoxy) is 1. The number of carbonyl (C=O) groups excluding carboxylic acids is 2. The van der Waals surface area contributed by atoms with Gasteiger partial charge in [-0.05, 0) is 37.1 Å². The number of nitriles is 1. The monoisotopic (exact) mass is 284 g/mol. The van der Waals surface area contributed by atoms with Gasteiger partial charge in [0.05, 0.1) is 30.0 Å². The molecule has 0 aromatic heterocycles. The summed E-state index contributed by atoms with van der Waals surface area (Å²) in [6.45, 7) is 0.577. The van der Waals surface area contributed by atoms with E-state index in [1.807, 2.05) is 6.07 Å². The molecule has 2 unspecified atom stereocenters. The van der Waals surface area contributed by atoms with E-state index in [1.165, 1.54) is 4.90 Å². The third-order valence-corrected chi connectivity index (χ3v) is 4.25. The summed E-state index contributed by atoms with van der Waals surface area (Å²) < 4.78 is 5.53. The summed E-state index contributed by atoms with van der Waals surface area (Å²) in [7, 11) is 0. The first-order valence-electron chi connectivity index (χ1n) is 7.19. The molecule has 5 nitrogen and oxygen atoms in total. The summed E-state index contributed by atoms with van der Waals surface area (Å²) in [4.78, 5) is 25.6. The topological polar surface area (TPSA) is 70.4 Å². The number of hydrogen-bond acceptors (Lipinski definition) is 4. The molecule has 0 radical (unpaired) electrons. The molecule has 2 atom stereocenters. The van der Waals surface area contributed by atoms with Gasteiger partial charge in [0.15, 0.2) is 0 Å². The Morgan fingerprint density at radius 3 is 2.33 bits per heavy atom. The molecule has 0 spiro atoms. The first-order chi connectivity index (χ1) is 10.2. The predicted octanol–water partition coefficient (Wildman–Crippen LogP) is 1.72. The molecule has 1 saturated carbocycles. The van der Waals surface area contributed by atoms with E-state index in [4.69, 9.17) is 10.00 Å². The maximum atomic E-state index is 12.1. The number of carbonyl (C=O) groups is 2. The molecule has 2 aliphatic rings. The van der Waals surface area contributed by atoms with Crippen LogP contribution in [0.2, 0.25) is 0 Å². The van der Waals surface area contributed by atoms with Crippen LogP contribution in [0.15, 0.2) is 24.3 Å². The van der Waals surface area contributed by atoms with E-state index in [0.717, 1.165) is 19.3 Å². The van der Waals surface area contributed by atoms with E-state index in [9.17, 15) is 9.59 Å². The highest BCUT2D eigenvalue weighted by atomic mass is 16.5. The Labute approximate surface area is 123 Å². The summed E-state index contributed by atoms with van der Waals surface area (Å²) in [6, 6.07) is 8.80. The van der Waals surface area contributed by atoms with Crippen LogP contribution in [-0.2, 0) is 9.59 Å². The van der Waals surface area contributed by atoms with E-state index in [2.05, 4.69) is 0 Å². The van der Waals surface area contributed by atoms with Crippen molar-refractivity contribution in [2.24, 2.45) is 11.8 Å². The van der Waals surface area contributed by atoms with Crippen LogP contribution in [0.25, 0.3) is 0 Å². The molecule has 5 heteroatoms. The van der Waals surface area contributed by atoms with Crippen molar-refractivity contribution in [3.05, 3.63) is 29.8 Å². The predicted molar refractivity (Wildman–Crippen MR) is 74.2 cm³/mol. The van der Waals surface area contributed by atoms with Crippen LogP contribution in [0.5, 0.6) is 5.75 Å². The number of hydrogen-bond donors (Lipinski definition) is 0. The molecular formula is C16H16N2O3. The van der Waals surface area contributed by atoms with E-state index < -0.39 is 0 Å². The van der Waals surface area contributed by atoms with Gasteiger partial charge in [0.25, 0.3) is 0 Å². The Kier molecular flexibility index (Phi) is 3.61. The van der Waals surface area contributed by atoms with Crippen molar-refractivity contribution >= 4 is 11.8 Å². The fourth-order valence-corrected chi connectivity index (χ4v) is 3.16. The highest BCUT2D eigenvalue weighted by molar-refractivity contribution is 6.05. The zero-order chi connectivity index (χ0) is 14.8. The Hall–Kier alpha value is -2.35. The van der Waals surface area contributed by atoms with E-state index in [1.54, 1.807) is 24.3 Å². The molecule has 0 N–H and O–H groups in total. The molecule has 1 aromatic carbocycles.